The maximum Gasteiger partial charge on any atom is 0.289 e. The van der Waals surface area contributed by atoms with E-state index in [1.54, 1.807) is 14.1 Å². The number of hydrogen-bond acceptors (Lipinski definition) is 2. The van der Waals surface area contributed by atoms with Crippen molar-refractivity contribution in [1.29, 1.82) is 0 Å². The molecule has 0 aromatic rings. The zero-order chi connectivity index (χ0) is 6.73. The Labute approximate surface area is 48.3 Å². The number of amides is 1. The monoisotopic (exact) mass is 116 g/mol. The summed E-state index contributed by atoms with van der Waals surface area (Å²) < 4.78 is 0. The molecule has 0 atom stereocenters. The van der Waals surface area contributed by atoms with Gasteiger partial charge in [-0.2, -0.15) is 0 Å². The number of likely N-dealkylation sites (N-methyl/N-ethyl adjacent to an activating group) is 1. The molecule has 0 heterocycles. The van der Waals surface area contributed by atoms with E-state index in [0.717, 1.165) is 0 Å². The highest BCUT2D eigenvalue weighted by molar-refractivity contribution is 6.34. The van der Waals surface area contributed by atoms with Crippen molar-refractivity contribution in [2.45, 2.75) is 6.92 Å². The molecule has 0 aromatic carbocycles. The van der Waals surface area contributed by atoms with E-state index in [9.17, 15) is 9.59 Å². The van der Waals surface area contributed by atoms with Crippen LogP contribution in [0.5, 0.6) is 0 Å². The molecule has 3 nitrogen and oxygen atoms in total. The minimum atomic E-state index is -0.454. The van der Waals surface area contributed by atoms with Crippen LogP contribution in [0.4, 0.5) is 0 Å². The molecule has 0 fully saturated rings. The lowest BCUT2D eigenvalue weighted by Crippen LogP contribution is -2.27. The van der Waals surface area contributed by atoms with Crippen LogP contribution < -0.4 is 0 Å². The highest BCUT2D eigenvalue weighted by Gasteiger charge is 2.07. The van der Waals surface area contributed by atoms with E-state index in [2.05, 4.69) is 0 Å². The second kappa shape index (κ2) is 2.45. The average molecular weight is 116 g/mol. The van der Waals surface area contributed by atoms with Gasteiger partial charge in [0, 0.05) is 21.0 Å². The number of hydrogen-bond donors (Lipinski definition) is 0. The molecular formula is C5H9NO2. The second-order valence-corrected chi connectivity index (χ2v) is 1.76. The number of carbonyl (C=O) groups is 2. The van der Waals surface area contributed by atoms with Gasteiger partial charge in [-0.05, 0) is 0 Å². The lowest BCUT2D eigenvalue weighted by atomic mass is 10.6. The molecule has 0 saturated carbocycles. The molecule has 0 unspecified atom stereocenters. The zero-order valence-electron chi connectivity index (χ0n) is 5.26. The van der Waals surface area contributed by atoms with Crippen LogP contribution >= 0.6 is 0 Å². The van der Waals surface area contributed by atoms with Crippen molar-refractivity contribution in [3.05, 3.63) is 0 Å². The Kier molecular flexibility index (Phi) is 2.19. The first kappa shape index (κ1) is 7.14. The summed E-state index contributed by atoms with van der Waals surface area (Å²) in [5.74, 6) is -0.875. The number of Topliss-reactive ketones (excluding diaryl/α,β-unsaturated/α-hetero) is 1. The van der Waals surface area contributed by atoms with E-state index in [1.807, 2.05) is 0 Å². The highest BCUT2D eigenvalue weighted by Crippen LogP contribution is 1.77. The van der Waals surface area contributed by atoms with Crippen LogP contribution in [-0.4, -0.2) is 30.7 Å². The number of nitrogens with zero attached hydrogens (tertiary/aromatic N) is 1. The van der Waals surface area contributed by atoms with Gasteiger partial charge >= 0.3 is 0 Å². The summed E-state index contributed by atoms with van der Waals surface area (Å²) in [5.41, 5.74) is 0. The minimum absolute atomic E-state index is 0.421. The average Bonchev–Trinajstić information content (AvgIpc) is 1.64. The molecular weight excluding hydrogens is 107 g/mol. The fraction of sp³-hybridized carbons (Fsp3) is 0.600. The SMILES string of the molecule is CC(=O)[13C](=O)N(C)C. The maximum absolute atomic E-state index is 10.4. The Morgan fingerprint density at radius 1 is 1.25 bits per heavy atom. The minimum Gasteiger partial charge on any atom is -0.342 e. The van der Waals surface area contributed by atoms with E-state index in [1.165, 1.54) is 11.8 Å². The molecule has 8 heavy (non-hydrogen) atoms. The van der Waals surface area contributed by atoms with Crippen LogP contribution in [0, 0.1) is 0 Å². The third-order valence-corrected chi connectivity index (χ3v) is 0.707. The first-order valence-electron chi connectivity index (χ1n) is 2.28. The molecule has 3 heteroatoms. The van der Waals surface area contributed by atoms with E-state index in [4.69, 9.17) is 0 Å². The van der Waals surface area contributed by atoms with Crippen molar-refractivity contribution in [2.24, 2.45) is 0 Å². The van der Waals surface area contributed by atoms with Crippen LogP contribution in [0.1, 0.15) is 6.92 Å². The summed E-state index contributed by atoms with van der Waals surface area (Å²) in [7, 11) is 3.09. The van der Waals surface area contributed by atoms with Crippen LogP contribution in [-0.2, 0) is 9.59 Å². The maximum atomic E-state index is 10.4. The van der Waals surface area contributed by atoms with E-state index < -0.39 is 11.7 Å². The summed E-state index contributed by atoms with van der Waals surface area (Å²) in [4.78, 5) is 21.9. The van der Waals surface area contributed by atoms with Crippen molar-refractivity contribution < 1.29 is 9.59 Å². The van der Waals surface area contributed by atoms with Crippen LogP contribution in [0.3, 0.4) is 0 Å². The molecule has 46 valence electrons. The summed E-state index contributed by atoms with van der Waals surface area (Å²) in [5, 5.41) is 0. The lowest BCUT2D eigenvalue weighted by molar-refractivity contribution is -0.141. The predicted molar refractivity (Wildman–Crippen MR) is 29.4 cm³/mol. The normalized spacial score (nSPS) is 8.38. The van der Waals surface area contributed by atoms with Crippen molar-refractivity contribution >= 4 is 11.7 Å². The fourth-order valence-electron chi connectivity index (χ4n) is 0.315. The molecule has 0 aliphatic rings. The van der Waals surface area contributed by atoms with Gasteiger partial charge in [-0.3, -0.25) is 9.59 Å². The number of carbonyl (C=O) groups excluding carboxylic acids is 2. The van der Waals surface area contributed by atoms with Crippen LogP contribution in [0.2, 0.25) is 0 Å². The molecule has 0 aromatic heterocycles. The third kappa shape index (κ3) is 1.73. The van der Waals surface area contributed by atoms with Crippen LogP contribution in [0.25, 0.3) is 0 Å². The largest absolute Gasteiger partial charge is 0.342 e. The molecule has 0 rings (SSSR count). The summed E-state index contributed by atoms with van der Waals surface area (Å²) >= 11 is 0. The molecule has 0 bridgehead atoms. The first-order chi connectivity index (χ1) is 3.55. The lowest BCUT2D eigenvalue weighted by Gasteiger charge is -2.04. The number of ketones is 1. The summed E-state index contributed by atoms with van der Waals surface area (Å²) in [6, 6.07) is 0. The Bertz CT molecular complexity index is 118. The predicted octanol–water partition coefficient (Wildman–Crippen LogP) is -0.336. The van der Waals surface area contributed by atoms with Crippen molar-refractivity contribution in [2.75, 3.05) is 14.1 Å². The highest BCUT2D eigenvalue weighted by atomic mass is 16.2. The molecule has 0 spiro atoms. The van der Waals surface area contributed by atoms with Gasteiger partial charge in [0.1, 0.15) is 0 Å². The first-order valence-corrected chi connectivity index (χ1v) is 2.28. The van der Waals surface area contributed by atoms with Gasteiger partial charge in [-0.25, -0.2) is 0 Å². The van der Waals surface area contributed by atoms with E-state index in [-0.39, 0.29) is 0 Å². The van der Waals surface area contributed by atoms with Crippen molar-refractivity contribution in [3.8, 4) is 0 Å². The smallest absolute Gasteiger partial charge is 0.289 e. The Hall–Kier alpha value is -0.860. The standard InChI is InChI=1S/C5H9NO2/c1-4(7)5(8)6(2)3/h1-3H3/i5+1. The molecule has 0 aliphatic heterocycles. The quantitative estimate of drug-likeness (QED) is 0.347. The van der Waals surface area contributed by atoms with Gasteiger partial charge in [0.25, 0.3) is 5.91 Å². The van der Waals surface area contributed by atoms with Gasteiger partial charge in [-0.1, -0.05) is 0 Å². The Morgan fingerprint density at radius 3 is 1.62 bits per heavy atom. The third-order valence-electron chi connectivity index (χ3n) is 0.707. The Morgan fingerprint density at radius 2 is 1.62 bits per heavy atom. The van der Waals surface area contributed by atoms with Gasteiger partial charge in [-0.15, -0.1) is 0 Å². The van der Waals surface area contributed by atoms with Gasteiger partial charge in [0.15, 0.2) is 0 Å². The van der Waals surface area contributed by atoms with Gasteiger partial charge in [0.2, 0.25) is 5.78 Å². The van der Waals surface area contributed by atoms with E-state index >= 15 is 0 Å². The Balaban J connectivity index is 3.84. The number of rotatable bonds is 1. The van der Waals surface area contributed by atoms with Crippen molar-refractivity contribution in [3.63, 3.8) is 0 Å². The fourth-order valence-corrected chi connectivity index (χ4v) is 0.315. The molecule has 0 saturated heterocycles. The molecule has 1 amide bonds. The molecule has 0 N–H and O–H groups in total. The van der Waals surface area contributed by atoms with E-state index in [0.29, 0.717) is 0 Å². The summed E-state index contributed by atoms with van der Waals surface area (Å²) in [6.45, 7) is 1.25. The molecule has 0 radical (unpaired) electrons. The van der Waals surface area contributed by atoms with Gasteiger partial charge < -0.3 is 4.90 Å². The van der Waals surface area contributed by atoms with Crippen LogP contribution in [0.15, 0.2) is 0 Å². The zero-order valence-corrected chi connectivity index (χ0v) is 5.26. The second-order valence-electron chi connectivity index (χ2n) is 1.76. The molecule has 0 aliphatic carbocycles. The summed E-state index contributed by atoms with van der Waals surface area (Å²) in [6.07, 6.45) is 0. The van der Waals surface area contributed by atoms with Gasteiger partial charge in [0.05, 0.1) is 0 Å². The van der Waals surface area contributed by atoms with Crippen molar-refractivity contribution in [1.82, 2.24) is 4.90 Å². The topological polar surface area (TPSA) is 37.4 Å².